The quantitative estimate of drug-likeness (QED) is 0.784. The van der Waals surface area contributed by atoms with Crippen molar-refractivity contribution in [1.29, 1.82) is 10.5 Å². The average molecular weight is 371 g/mol. The van der Waals surface area contributed by atoms with Gasteiger partial charge in [0.25, 0.3) is 0 Å². The van der Waals surface area contributed by atoms with Crippen LogP contribution < -0.4 is 11.5 Å². The number of aromatic nitrogens is 2. The van der Waals surface area contributed by atoms with Crippen molar-refractivity contribution in [2.24, 2.45) is 0 Å². The Hall–Kier alpha value is -2.29. The van der Waals surface area contributed by atoms with Crippen LogP contribution in [0.4, 0.5) is 10.9 Å². The molecule has 128 valence electrons. The van der Waals surface area contributed by atoms with E-state index < -0.39 is 0 Å². The van der Waals surface area contributed by atoms with Crippen molar-refractivity contribution in [3.63, 3.8) is 0 Å². The highest BCUT2D eigenvalue weighted by molar-refractivity contribution is 7.98. The van der Waals surface area contributed by atoms with E-state index in [1.54, 1.807) is 0 Å². The third kappa shape index (κ3) is 3.71. The lowest BCUT2D eigenvalue weighted by Gasteiger charge is -2.25. The molecule has 0 aromatic carbocycles. The Balaban J connectivity index is 1.99. The minimum absolute atomic E-state index is 0.206. The lowest BCUT2D eigenvalue weighted by atomic mass is 9.80. The van der Waals surface area contributed by atoms with Gasteiger partial charge < -0.3 is 11.5 Å². The molecule has 2 heterocycles. The molecule has 1 saturated carbocycles. The van der Waals surface area contributed by atoms with E-state index in [-0.39, 0.29) is 11.7 Å². The molecule has 0 saturated heterocycles. The summed E-state index contributed by atoms with van der Waals surface area (Å²) in [6.45, 7) is 0. The molecule has 2 aromatic heterocycles. The summed E-state index contributed by atoms with van der Waals surface area (Å²) in [7, 11) is 0. The molecule has 0 aliphatic heterocycles. The van der Waals surface area contributed by atoms with E-state index in [1.807, 2.05) is 5.38 Å². The summed E-state index contributed by atoms with van der Waals surface area (Å²) in [6.07, 6.45) is 5.40. The number of nitriles is 2. The first-order valence-corrected chi connectivity index (χ1v) is 9.96. The summed E-state index contributed by atoms with van der Waals surface area (Å²) in [4.78, 5) is 8.56. The van der Waals surface area contributed by atoms with Gasteiger partial charge in [0, 0.05) is 11.1 Å². The molecule has 1 aliphatic carbocycles. The van der Waals surface area contributed by atoms with Crippen LogP contribution in [-0.2, 0) is 5.75 Å². The number of nitrogens with zero attached hydrogens (tertiary/aromatic N) is 4. The smallest absolute Gasteiger partial charge is 0.180 e. The molecule has 25 heavy (non-hydrogen) atoms. The van der Waals surface area contributed by atoms with Gasteiger partial charge in [-0.1, -0.05) is 31.0 Å². The molecule has 1 aliphatic rings. The van der Waals surface area contributed by atoms with Gasteiger partial charge in [0.2, 0.25) is 0 Å². The van der Waals surface area contributed by atoms with Crippen molar-refractivity contribution in [1.82, 2.24) is 9.97 Å². The zero-order valence-electron chi connectivity index (χ0n) is 13.7. The number of rotatable bonds is 4. The van der Waals surface area contributed by atoms with E-state index in [0.717, 1.165) is 36.9 Å². The van der Waals surface area contributed by atoms with Crippen LogP contribution in [0.3, 0.4) is 0 Å². The van der Waals surface area contributed by atoms with Gasteiger partial charge in [-0.3, -0.25) is 0 Å². The molecular formula is C17H18N6S2. The van der Waals surface area contributed by atoms with Gasteiger partial charge in [-0.05, 0) is 24.3 Å². The molecule has 3 rings (SSSR count). The van der Waals surface area contributed by atoms with Crippen LogP contribution in [0.5, 0.6) is 0 Å². The molecule has 2 aromatic rings. The summed E-state index contributed by atoms with van der Waals surface area (Å²) in [6, 6.07) is 4.44. The highest BCUT2D eigenvalue weighted by Crippen LogP contribution is 2.40. The topological polar surface area (TPSA) is 125 Å². The molecule has 0 amide bonds. The Morgan fingerprint density at radius 3 is 2.44 bits per heavy atom. The summed E-state index contributed by atoms with van der Waals surface area (Å²) in [5.41, 5.74) is 14.2. The van der Waals surface area contributed by atoms with E-state index in [2.05, 4.69) is 22.1 Å². The lowest BCUT2D eigenvalue weighted by Crippen LogP contribution is -2.13. The van der Waals surface area contributed by atoms with Gasteiger partial charge in [0.05, 0.1) is 16.8 Å². The number of pyridine rings is 1. The zero-order valence-corrected chi connectivity index (χ0v) is 15.3. The number of hydrogen-bond acceptors (Lipinski definition) is 8. The van der Waals surface area contributed by atoms with E-state index >= 15 is 0 Å². The van der Waals surface area contributed by atoms with Crippen LogP contribution in [0.15, 0.2) is 10.4 Å². The van der Waals surface area contributed by atoms with Crippen molar-refractivity contribution in [3.8, 4) is 12.1 Å². The summed E-state index contributed by atoms with van der Waals surface area (Å²) in [5.74, 6) is 0.977. The maximum atomic E-state index is 9.75. The maximum Gasteiger partial charge on any atom is 0.180 e. The monoisotopic (exact) mass is 370 g/mol. The van der Waals surface area contributed by atoms with Crippen molar-refractivity contribution < 1.29 is 0 Å². The molecule has 6 nitrogen and oxygen atoms in total. The molecule has 8 heteroatoms. The first kappa shape index (κ1) is 17.5. The Kier molecular flexibility index (Phi) is 5.42. The van der Waals surface area contributed by atoms with Crippen LogP contribution in [0.25, 0.3) is 0 Å². The predicted octanol–water partition coefficient (Wildman–Crippen LogP) is 3.79. The lowest BCUT2D eigenvalue weighted by molar-refractivity contribution is 0.442. The fourth-order valence-corrected chi connectivity index (χ4v) is 4.82. The second kappa shape index (κ2) is 7.73. The summed E-state index contributed by atoms with van der Waals surface area (Å²) < 4.78 is 0. The average Bonchev–Trinajstić information content (AvgIpc) is 3.05. The van der Waals surface area contributed by atoms with Gasteiger partial charge in [0.1, 0.15) is 23.0 Å². The molecule has 4 N–H and O–H groups in total. The fourth-order valence-electron chi connectivity index (χ4n) is 3.26. The molecule has 0 spiro atoms. The van der Waals surface area contributed by atoms with E-state index in [0.29, 0.717) is 27.0 Å². The SMILES string of the molecule is N#Cc1c(N)nc(SCc2csc(N)n2)c(C#N)c1C1CCCCC1. The number of anilines is 2. The third-order valence-corrected chi connectivity index (χ3v) is 6.13. The summed E-state index contributed by atoms with van der Waals surface area (Å²) in [5, 5.41) is 22.3. The van der Waals surface area contributed by atoms with Crippen LogP contribution in [0.2, 0.25) is 0 Å². The highest BCUT2D eigenvalue weighted by atomic mass is 32.2. The number of nitrogens with two attached hydrogens (primary N) is 2. The molecule has 1 fully saturated rings. The van der Waals surface area contributed by atoms with E-state index in [9.17, 15) is 10.5 Å². The molecule has 0 unspecified atom stereocenters. The third-order valence-electron chi connectivity index (χ3n) is 4.39. The van der Waals surface area contributed by atoms with Crippen molar-refractivity contribution >= 4 is 34.0 Å². The minimum Gasteiger partial charge on any atom is -0.383 e. The second-order valence-electron chi connectivity index (χ2n) is 5.99. The zero-order chi connectivity index (χ0) is 17.8. The van der Waals surface area contributed by atoms with E-state index in [4.69, 9.17) is 11.5 Å². The number of hydrogen-bond donors (Lipinski definition) is 2. The number of thiazole rings is 1. The van der Waals surface area contributed by atoms with Crippen LogP contribution in [-0.4, -0.2) is 9.97 Å². The van der Waals surface area contributed by atoms with Crippen molar-refractivity contribution in [2.75, 3.05) is 11.5 Å². The molecular weight excluding hydrogens is 352 g/mol. The Morgan fingerprint density at radius 1 is 1.12 bits per heavy atom. The first-order chi connectivity index (χ1) is 12.1. The largest absolute Gasteiger partial charge is 0.383 e. The molecule has 0 atom stereocenters. The van der Waals surface area contributed by atoms with Crippen LogP contribution in [0.1, 0.15) is 60.4 Å². The maximum absolute atomic E-state index is 9.75. The fraction of sp³-hybridized carbons (Fsp3) is 0.412. The highest BCUT2D eigenvalue weighted by Gasteiger charge is 2.26. The first-order valence-electron chi connectivity index (χ1n) is 8.10. The normalized spacial score (nSPS) is 14.8. The molecule has 0 bridgehead atoms. The van der Waals surface area contributed by atoms with Crippen LogP contribution in [0, 0.1) is 22.7 Å². The minimum atomic E-state index is 0.206. The number of thioether (sulfide) groups is 1. The van der Waals surface area contributed by atoms with Gasteiger partial charge in [-0.2, -0.15) is 10.5 Å². The van der Waals surface area contributed by atoms with Crippen molar-refractivity contribution in [2.45, 2.75) is 48.8 Å². The van der Waals surface area contributed by atoms with Crippen LogP contribution >= 0.6 is 23.1 Å². The van der Waals surface area contributed by atoms with Gasteiger partial charge in [0.15, 0.2) is 5.13 Å². The van der Waals surface area contributed by atoms with Gasteiger partial charge in [-0.15, -0.1) is 11.3 Å². The Bertz CT molecular complexity index is 855. The molecule has 0 radical (unpaired) electrons. The van der Waals surface area contributed by atoms with Gasteiger partial charge in [-0.25, -0.2) is 9.97 Å². The Labute approximate surface area is 154 Å². The predicted molar refractivity (Wildman–Crippen MR) is 100.0 cm³/mol. The van der Waals surface area contributed by atoms with Crippen molar-refractivity contribution in [3.05, 3.63) is 27.8 Å². The number of nitrogen functional groups attached to an aromatic ring is 2. The second-order valence-corrected chi connectivity index (χ2v) is 7.84. The summed E-state index contributed by atoms with van der Waals surface area (Å²) >= 11 is 2.80. The Morgan fingerprint density at radius 2 is 1.84 bits per heavy atom. The standard InChI is InChI=1S/C17H18N6S2/c18-6-12-14(10-4-2-1-3-5-10)13(7-19)16(23-15(12)20)24-8-11-9-25-17(21)22-11/h9-10H,1-5,8H2,(H2,20,23)(H2,21,22). The van der Waals surface area contributed by atoms with E-state index in [1.165, 1.54) is 29.5 Å². The van der Waals surface area contributed by atoms with Gasteiger partial charge >= 0.3 is 0 Å².